The van der Waals surface area contributed by atoms with Gasteiger partial charge in [-0.1, -0.05) is 6.92 Å². The summed E-state index contributed by atoms with van der Waals surface area (Å²) in [5.74, 6) is 0.545. The Labute approximate surface area is 74.1 Å². The Kier molecular flexibility index (Phi) is 3.53. The average molecular weight is 170 g/mol. The Morgan fingerprint density at radius 1 is 1.67 bits per heavy atom. The maximum absolute atomic E-state index is 11.6. The van der Waals surface area contributed by atoms with Crippen molar-refractivity contribution in [2.24, 2.45) is 5.92 Å². The molecule has 0 aromatic rings. The van der Waals surface area contributed by atoms with Gasteiger partial charge in [0.2, 0.25) is 5.91 Å². The van der Waals surface area contributed by atoms with E-state index in [0.29, 0.717) is 5.91 Å². The van der Waals surface area contributed by atoms with E-state index in [1.54, 1.807) is 0 Å². The van der Waals surface area contributed by atoms with Gasteiger partial charge in [0, 0.05) is 20.1 Å². The molecule has 0 saturated carbocycles. The number of hydrogen-bond acceptors (Lipinski definition) is 2. The van der Waals surface area contributed by atoms with Gasteiger partial charge in [0.15, 0.2) is 0 Å². The highest BCUT2D eigenvalue weighted by molar-refractivity contribution is 5.79. The normalized spacial score (nSPS) is 22.7. The third-order valence-electron chi connectivity index (χ3n) is 2.34. The number of hydrogen-bond donors (Lipinski definition) is 1. The summed E-state index contributed by atoms with van der Waals surface area (Å²) in [6.07, 6.45) is 2.05. The molecule has 0 aromatic heterocycles. The lowest BCUT2D eigenvalue weighted by molar-refractivity contribution is -0.133. The first-order valence-electron chi connectivity index (χ1n) is 4.71. The van der Waals surface area contributed by atoms with Gasteiger partial charge in [-0.25, -0.2) is 0 Å². The van der Waals surface area contributed by atoms with Crippen molar-refractivity contribution < 1.29 is 4.79 Å². The lowest BCUT2D eigenvalue weighted by atomic mass is 10.1. The van der Waals surface area contributed by atoms with Crippen LogP contribution in [0.3, 0.4) is 0 Å². The van der Waals surface area contributed by atoms with Crippen molar-refractivity contribution in [1.82, 2.24) is 10.2 Å². The number of carbonyl (C=O) groups excluding carboxylic acids is 1. The van der Waals surface area contributed by atoms with Crippen LogP contribution in [-0.2, 0) is 4.79 Å². The quantitative estimate of drug-likeness (QED) is 0.667. The molecule has 1 amide bonds. The van der Waals surface area contributed by atoms with E-state index in [1.165, 1.54) is 0 Å². The van der Waals surface area contributed by atoms with Crippen LogP contribution in [-0.4, -0.2) is 37.5 Å². The first kappa shape index (κ1) is 9.52. The molecule has 0 bridgehead atoms. The van der Waals surface area contributed by atoms with Crippen LogP contribution >= 0.6 is 0 Å². The summed E-state index contributed by atoms with van der Waals surface area (Å²) >= 11 is 0. The van der Waals surface area contributed by atoms with Crippen LogP contribution in [0.25, 0.3) is 0 Å². The van der Waals surface area contributed by atoms with Crippen molar-refractivity contribution in [1.29, 1.82) is 0 Å². The third-order valence-corrected chi connectivity index (χ3v) is 2.34. The molecule has 1 unspecified atom stereocenters. The molecule has 1 fully saturated rings. The number of rotatable bonds is 3. The molecule has 1 aliphatic rings. The summed E-state index contributed by atoms with van der Waals surface area (Å²) in [7, 11) is 1.89. The Morgan fingerprint density at radius 3 is 2.92 bits per heavy atom. The van der Waals surface area contributed by atoms with Crippen LogP contribution in [0.4, 0.5) is 0 Å². The highest BCUT2D eigenvalue weighted by atomic mass is 16.2. The molecule has 0 aromatic carbocycles. The minimum Gasteiger partial charge on any atom is -0.345 e. The summed E-state index contributed by atoms with van der Waals surface area (Å²) in [5.41, 5.74) is 0. The lowest BCUT2D eigenvalue weighted by Gasteiger charge is -2.19. The number of carbonyl (C=O) groups is 1. The Morgan fingerprint density at radius 2 is 2.42 bits per heavy atom. The molecule has 0 aliphatic carbocycles. The van der Waals surface area contributed by atoms with E-state index in [4.69, 9.17) is 0 Å². The predicted molar refractivity (Wildman–Crippen MR) is 48.9 cm³/mol. The van der Waals surface area contributed by atoms with Gasteiger partial charge >= 0.3 is 0 Å². The van der Waals surface area contributed by atoms with Crippen molar-refractivity contribution in [3.05, 3.63) is 0 Å². The molecule has 1 atom stereocenters. The van der Waals surface area contributed by atoms with Crippen molar-refractivity contribution in [3.8, 4) is 0 Å². The molecule has 70 valence electrons. The smallest absolute Gasteiger partial charge is 0.226 e. The first-order valence-corrected chi connectivity index (χ1v) is 4.71. The predicted octanol–water partition coefficient (Wildman–Crippen LogP) is 0.464. The van der Waals surface area contributed by atoms with E-state index in [1.807, 2.05) is 11.9 Å². The summed E-state index contributed by atoms with van der Waals surface area (Å²) in [6.45, 7) is 4.84. The maximum Gasteiger partial charge on any atom is 0.226 e. The van der Waals surface area contributed by atoms with E-state index in [0.717, 1.165) is 32.5 Å². The van der Waals surface area contributed by atoms with Gasteiger partial charge in [0.25, 0.3) is 0 Å². The fraction of sp³-hybridized carbons (Fsp3) is 0.889. The first-order chi connectivity index (χ1) is 5.75. The lowest BCUT2D eigenvalue weighted by Crippen LogP contribution is -2.34. The molecular formula is C9H18N2O. The average Bonchev–Trinajstić information content (AvgIpc) is 2.55. The number of amides is 1. The van der Waals surface area contributed by atoms with E-state index in [-0.39, 0.29) is 5.92 Å². The summed E-state index contributed by atoms with van der Waals surface area (Å²) in [6, 6.07) is 0. The van der Waals surface area contributed by atoms with Crippen LogP contribution in [0, 0.1) is 5.92 Å². The standard InChI is InChI=1S/C9H18N2O/c1-3-6-11(2)9(12)8-4-5-10-7-8/h8,10H,3-7H2,1-2H3. The van der Waals surface area contributed by atoms with Crippen LogP contribution < -0.4 is 5.32 Å². The van der Waals surface area contributed by atoms with Crippen molar-refractivity contribution in [2.75, 3.05) is 26.7 Å². The van der Waals surface area contributed by atoms with Gasteiger partial charge in [0.05, 0.1) is 5.92 Å². The molecular weight excluding hydrogens is 152 g/mol. The summed E-state index contributed by atoms with van der Waals surface area (Å²) in [5, 5.41) is 3.20. The summed E-state index contributed by atoms with van der Waals surface area (Å²) in [4.78, 5) is 13.5. The fourth-order valence-electron chi connectivity index (χ4n) is 1.62. The van der Waals surface area contributed by atoms with Crippen molar-refractivity contribution in [3.63, 3.8) is 0 Å². The molecule has 1 aliphatic heterocycles. The molecule has 3 nitrogen and oxygen atoms in total. The van der Waals surface area contributed by atoms with E-state index < -0.39 is 0 Å². The SMILES string of the molecule is CCCN(C)C(=O)C1CCNC1. The monoisotopic (exact) mass is 170 g/mol. The number of nitrogens with one attached hydrogen (secondary N) is 1. The second-order valence-electron chi connectivity index (χ2n) is 3.45. The molecule has 1 N–H and O–H groups in total. The van der Waals surface area contributed by atoms with E-state index >= 15 is 0 Å². The van der Waals surface area contributed by atoms with Gasteiger partial charge in [-0.2, -0.15) is 0 Å². The van der Waals surface area contributed by atoms with Gasteiger partial charge in [-0.05, 0) is 19.4 Å². The molecule has 3 heteroatoms. The van der Waals surface area contributed by atoms with Crippen molar-refractivity contribution >= 4 is 5.91 Å². The highest BCUT2D eigenvalue weighted by Crippen LogP contribution is 2.10. The van der Waals surface area contributed by atoms with Crippen LogP contribution in [0.5, 0.6) is 0 Å². The molecule has 1 rings (SSSR count). The van der Waals surface area contributed by atoms with Gasteiger partial charge < -0.3 is 10.2 Å². The Balaban J connectivity index is 2.34. The minimum atomic E-state index is 0.238. The summed E-state index contributed by atoms with van der Waals surface area (Å²) < 4.78 is 0. The zero-order valence-corrected chi connectivity index (χ0v) is 7.97. The second kappa shape index (κ2) is 4.45. The number of nitrogens with zero attached hydrogens (tertiary/aromatic N) is 1. The topological polar surface area (TPSA) is 32.3 Å². The fourth-order valence-corrected chi connectivity index (χ4v) is 1.62. The Bertz CT molecular complexity index is 153. The molecule has 1 heterocycles. The molecule has 0 radical (unpaired) electrons. The largest absolute Gasteiger partial charge is 0.345 e. The molecule has 0 spiro atoms. The second-order valence-corrected chi connectivity index (χ2v) is 3.45. The minimum absolute atomic E-state index is 0.238. The van der Waals surface area contributed by atoms with Gasteiger partial charge in [-0.15, -0.1) is 0 Å². The van der Waals surface area contributed by atoms with Crippen LogP contribution in [0.1, 0.15) is 19.8 Å². The highest BCUT2D eigenvalue weighted by Gasteiger charge is 2.24. The zero-order chi connectivity index (χ0) is 8.97. The molecule has 12 heavy (non-hydrogen) atoms. The van der Waals surface area contributed by atoms with Crippen molar-refractivity contribution in [2.45, 2.75) is 19.8 Å². The third kappa shape index (κ3) is 2.21. The zero-order valence-electron chi connectivity index (χ0n) is 7.97. The Hall–Kier alpha value is -0.570. The van der Waals surface area contributed by atoms with E-state index in [2.05, 4.69) is 12.2 Å². The maximum atomic E-state index is 11.6. The molecule has 1 saturated heterocycles. The van der Waals surface area contributed by atoms with Gasteiger partial charge in [0.1, 0.15) is 0 Å². The van der Waals surface area contributed by atoms with Gasteiger partial charge in [-0.3, -0.25) is 4.79 Å². The van der Waals surface area contributed by atoms with Crippen LogP contribution in [0.15, 0.2) is 0 Å². The van der Waals surface area contributed by atoms with Crippen LogP contribution in [0.2, 0.25) is 0 Å². The van der Waals surface area contributed by atoms with E-state index in [9.17, 15) is 4.79 Å².